The zero-order valence-electron chi connectivity index (χ0n) is 11.5. The first-order valence-corrected chi connectivity index (χ1v) is 7.15. The van der Waals surface area contributed by atoms with E-state index in [0.29, 0.717) is 19.0 Å². The molecule has 1 N–H and O–H groups in total. The number of nitrogens with one attached hydrogen (secondary N) is 1. The summed E-state index contributed by atoms with van der Waals surface area (Å²) in [5, 5.41) is 3.35. The molecule has 2 fully saturated rings. The van der Waals surface area contributed by atoms with Gasteiger partial charge in [0.1, 0.15) is 0 Å². The number of piperidine rings is 1. The predicted molar refractivity (Wildman–Crippen MR) is 71.9 cm³/mol. The Labute approximate surface area is 121 Å². The van der Waals surface area contributed by atoms with Crippen molar-refractivity contribution in [3.63, 3.8) is 0 Å². The van der Waals surface area contributed by atoms with Gasteiger partial charge in [-0.15, -0.1) is 0 Å². The number of fused-ring (bicyclic) bond motifs is 1. The Bertz CT molecular complexity index is 530. The third-order valence-electron chi connectivity index (χ3n) is 4.35. The summed E-state index contributed by atoms with van der Waals surface area (Å²) in [6.07, 6.45) is -2.41. The average molecular weight is 298 g/mol. The number of likely N-dealkylation sites (tertiary alicyclic amines) is 1. The van der Waals surface area contributed by atoms with Crippen LogP contribution in [0.25, 0.3) is 0 Å². The summed E-state index contributed by atoms with van der Waals surface area (Å²) in [5.74, 6) is -0.153. The van der Waals surface area contributed by atoms with E-state index in [1.165, 1.54) is 18.2 Å². The molecule has 0 saturated carbocycles. The van der Waals surface area contributed by atoms with Crippen molar-refractivity contribution in [1.29, 1.82) is 0 Å². The number of hydrogen-bond acceptors (Lipinski definition) is 2. The monoisotopic (exact) mass is 298 g/mol. The van der Waals surface area contributed by atoms with Crippen molar-refractivity contribution < 1.29 is 18.0 Å². The minimum Gasteiger partial charge on any atom is -0.337 e. The van der Waals surface area contributed by atoms with Crippen LogP contribution in [0.4, 0.5) is 13.2 Å². The molecule has 2 unspecified atom stereocenters. The number of alkyl halides is 3. The molecule has 0 bridgehead atoms. The second kappa shape index (κ2) is 5.33. The van der Waals surface area contributed by atoms with Crippen LogP contribution in [0, 0.1) is 5.92 Å². The summed E-state index contributed by atoms with van der Waals surface area (Å²) in [4.78, 5) is 14.0. The van der Waals surface area contributed by atoms with Gasteiger partial charge in [0.2, 0.25) is 0 Å². The van der Waals surface area contributed by atoms with E-state index < -0.39 is 17.6 Å². The number of carbonyl (C=O) groups excluding carboxylic acids is 1. The highest BCUT2D eigenvalue weighted by Crippen LogP contribution is 2.33. The Kier molecular flexibility index (Phi) is 3.65. The van der Waals surface area contributed by atoms with Crippen LogP contribution in [0.5, 0.6) is 0 Å². The van der Waals surface area contributed by atoms with Crippen molar-refractivity contribution in [2.45, 2.75) is 25.1 Å². The van der Waals surface area contributed by atoms with E-state index in [2.05, 4.69) is 5.32 Å². The third-order valence-corrected chi connectivity index (χ3v) is 4.35. The fraction of sp³-hybridized carbons (Fsp3) is 0.533. The van der Waals surface area contributed by atoms with Gasteiger partial charge in [-0.25, -0.2) is 0 Å². The molecule has 2 atom stereocenters. The molecule has 0 aliphatic carbocycles. The molecule has 3 rings (SSSR count). The third kappa shape index (κ3) is 2.77. The Morgan fingerprint density at radius 1 is 1.24 bits per heavy atom. The van der Waals surface area contributed by atoms with Crippen LogP contribution in [0.3, 0.4) is 0 Å². The Morgan fingerprint density at radius 2 is 2.00 bits per heavy atom. The molecule has 1 amide bonds. The van der Waals surface area contributed by atoms with Crippen LogP contribution in [0.15, 0.2) is 24.3 Å². The maximum Gasteiger partial charge on any atom is 0.417 e. The molecule has 1 aromatic rings. The quantitative estimate of drug-likeness (QED) is 0.864. The summed E-state index contributed by atoms with van der Waals surface area (Å²) in [5.41, 5.74) is -1.10. The molecule has 6 heteroatoms. The fourth-order valence-corrected chi connectivity index (χ4v) is 3.30. The lowest BCUT2D eigenvalue weighted by Crippen LogP contribution is -2.41. The SMILES string of the molecule is O=C(c1ccccc1C(F)(F)F)N1CC2CCCNC2C1. The molecule has 2 aliphatic heterocycles. The molecule has 0 spiro atoms. The molecule has 1 aromatic carbocycles. The topological polar surface area (TPSA) is 32.3 Å². The number of halogens is 3. The van der Waals surface area contributed by atoms with Crippen LogP contribution in [0.1, 0.15) is 28.8 Å². The molecule has 21 heavy (non-hydrogen) atoms. The molecule has 2 saturated heterocycles. The van der Waals surface area contributed by atoms with Crippen molar-refractivity contribution >= 4 is 5.91 Å². The van der Waals surface area contributed by atoms with Crippen LogP contribution < -0.4 is 5.32 Å². The molecular formula is C15H17F3N2O. The minimum absolute atomic E-state index is 0.223. The number of hydrogen-bond donors (Lipinski definition) is 1. The second-order valence-corrected chi connectivity index (χ2v) is 5.72. The average Bonchev–Trinajstić information content (AvgIpc) is 2.89. The van der Waals surface area contributed by atoms with Crippen molar-refractivity contribution in [1.82, 2.24) is 10.2 Å². The van der Waals surface area contributed by atoms with Crippen molar-refractivity contribution in [3.8, 4) is 0 Å². The van der Waals surface area contributed by atoms with Gasteiger partial charge in [-0.05, 0) is 37.4 Å². The van der Waals surface area contributed by atoms with Crippen LogP contribution in [-0.2, 0) is 6.18 Å². The fourth-order valence-electron chi connectivity index (χ4n) is 3.30. The molecule has 114 valence electrons. The van der Waals surface area contributed by atoms with Gasteiger partial charge in [-0.1, -0.05) is 12.1 Å². The van der Waals surface area contributed by atoms with Gasteiger partial charge < -0.3 is 10.2 Å². The van der Waals surface area contributed by atoms with E-state index in [1.807, 2.05) is 0 Å². The standard InChI is InChI=1S/C15H17F3N2O/c16-15(17,18)12-6-2-1-5-11(12)14(21)20-8-10-4-3-7-19-13(10)9-20/h1-2,5-6,10,13,19H,3-4,7-9H2. The van der Waals surface area contributed by atoms with Gasteiger partial charge in [-0.2, -0.15) is 13.2 Å². The highest BCUT2D eigenvalue weighted by Gasteiger charge is 2.40. The van der Waals surface area contributed by atoms with E-state index in [4.69, 9.17) is 0 Å². The summed E-state index contributed by atoms with van der Waals surface area (Å²) >= 11 is 0. The lowest BCUT2D eigenvalue weighted by atomic mass is 9.94. The van der Waals surface area contributed by atoms with Crippen molar-refractivity contribution in [3.05, 3.63) is 35.4 Å². The van der Waals surface area contributed by atoms with Gasteiger partial charge in [-0.3, -0.25) is 4.79 Å². The van der Waals surface area contributed by atoms with Gasteiger partial charge >= 0.3 is 6.18 Å². The van der Waals surface area contributed by atoms with Gasteiger partial charge in [0.15, 0.2) is 0 Å². The molecule has 2 aliphatic rings. The Morgan fingerprint density at radius 3 is 2.71 bits per heavy atom. The zero-order chi connectivity index (χ0) is 15.0. The van der Waals surface area contributed by atoms with Gasteiger partial charge in [0.25, 0.3) is 5.91 Å². The summed E-state index contributed by atoms with van der Waals surface area (Å²) < 4.78 is 39.0. The van der Waals surface area contributed by atoms with Crippen molar-refractivity contribution in [2.75, 3.05) is 19.6 Å². The van der Waals surface area contributed by atoms with E-state index in [0.717, 1.165) is 25.5 Å². The number of nitrogens with zero attached hydrogens (tertiary/aromatic N) is 1. The van der Waals surface area contributed by atoms with Gasteiger partial charge in [0.05, 0.1) is 11.1 Å². The van der Waals surface area contributed by atoms with Crippen LogP contribution >= 0.6 is 0 Å². The first kappa shape index (κ1) is 14.4. The largest absolute Gasteiger partial charge is 0.417 e. The van der Waals surface area contributed by atoms with E-state index in [9.17, 15) is 18.0 Å². The molecular weight excluding hydrogens is 281 g/mol. The summed E-state index contributed by atoms with van der Waals surface area (Å²) in [7, 11) is 0. The number of amides is 1. The smallest absolute Gasteiger partial charge is 0.337 e. The van der Waals surface area contributed by atoms with E-state index in [-0.39, 0.29) is 11.6 Å². The number of rotatable bonds is 1. The van der Waals surface area contributed by atoms with Gasteiger partial charge in [0, 0.05) is 19.1 Å². The van der Waals surface area contributed by atoms with Crippen molar-refractivity contribution in [2.24, 2.45) is 5.92 Å². The molecule has 3 nitrogen and oxygen atoms in total. The maximum atomic E-state index is 13.0. The Hall–Kier alpha value is -1.56. The molecule has 0 radical (unpaired) electrons. The lowest BCUT2D eigenvalue weighted by Gasteiger charge is -2.24. The maximum absolute atomic E-state index is 13.0. The van der Waals surface area contributed by atoms with Crippen LogP contribution in [0.2, 0.25) is 0 Å². The summed E-state index contributed by atoms with van der Waals surface area (Å²) in [6, 6.07) is 5.24. The molecule has 0 aromatic heterocycles. The van der Waals surface area contributed by atoms with E-state index in [1.54, 1.807) is 4.90 Å². The molecule has 2 heterocycles. The Balaban J connectivity index is 1.83. The highest BCUT2D eigenvalue weighted by atomic mass is 19.4. The lowest BCUT2D eigenvalue weighted by molar-refractivity contribution is -0.138. The summed E-state index contributed by atoms with van der Waals surface area (Å²) in [6.45, 7) is 1.96. The first-order chi connectivity index (χ1) is 9.97. The first-order valence-electron chi connectivity index (χ1n) is 7.15. The zero-order valence-corrected chi connectivity index (χ0v) is 11.5. The number of benzene rings is 1. The van der Waals surface area contributed by atoms with E-state index >= 15 is 0 Å². The predicted octanol–water partition coefficient (Wildman–Crippen LogP) is 2.53. The minimum atomic E-state index is -4.50. The van der Waals surface area contributed by atoms with Crippen LogP contribution in [-0.4, -0.2) is 36.5 Å². The normalized spacial score (nSPS) is 25.8. The second-order valence-electron chi connectivity index (χ2n) is 5.72. The highest BCUT2D eigenvalue weighted by molar-refractivity contribution is 5.96. The number of carbonyl (C=O) groups is 1.